The summed E-state index contributed by atoms with van der Waals surface area (Å²) in [5.74, 6) is 0.197. The van der Waals surface area contributed by atoms with E-state index in [-0.39, 0.29) is 27.9 Å². The Kier molecular flexibility index (Phi) is 4.55. The maximum absolute atomic E-state index is 13.0. The third-order valence-electron chi connectivity index (χ3n) is 6.11. The Morgan fingerprint density at radius 2 is 1.59 bits per heavy atom. The van der Waals surface area contributed by atoms with Crippen LogP contribution >= 0.6 is 0 Å². The van der Waals surface area contributed by atoms with Gasteiger partial charge in [0.2, 0.25) is 6.29 Å². The molecule has 5 atom stereocenters. The molecule has 34 heavy (non-hydrogen) atoms. The Balaban J connectivity index is 1.49. The molecule has 6 rings (SSSR count). The summed E-state index contributed by atoms with van der Waals surface area (Å²) in [6, 6.07) is 10.9. The molecule has 1 aliphatic heterocycles. The largest absolute Gasteiger partial charge is 0.462 e. The molecule has 3 aromatic heterocycles. The first kappa shape index (κ1) is 20.9. The number of benzene rings is 2. The van der Waals surface area contributed by atoms with Crippen LogP contribution in [0.1, 0.15) is 6.92 Å². The first-order valence-corrected chi connectivity index (χ1v) is 10.5. The lowest BCUT2D eigenvalue weighted by Crippen LogP contribution is -2.58. The maximum atomic E-state index is 13.0. The summed E-state index contributed by atoms with van der Waals surface area (Å²) in [5.41, 5.74) is -0.253. The van der Waals surface area contributed by atoms with Crippen LogP contribution in [0.25, 0.3) is 43.9 Å². The van der Waals surface area contributed by atoms with Crippen LogP contribution in [-0.2, 0) is 4.74 Å². The first-order chi connectivity index (χ1) is 16.3. The van der Waals surface area contributed by atoms with Crippen molar-refractivity contribution in [3.8, 4) is 5.75 Å². The second kappa shape index (κ2) is 7.40. The number of aliphatic hydroxyl groups is 3. The lowest BCUT2D eigenvalue weighted by molar-refractivity contribution is -0.268. The predicted octanol–water partition coefficient (Wildman–Crippen LogP) is 2.01. The minimum absolute atomic E-state index is 0.146. The second-order valence-electron chi connectivity index (χ2n) is 8.26. The van der Waals surface area contributed by atoms with E-state index in [1.807, 2.05) is 0 Å². The van der Waals surface area contributed by atoms with E-state index in [4.69, 9.17) is 22.7 Å². The van der Waals surface area contributed by atoms with Crippen molar-refractivity contribution in [2.45, 2.75) is 37.6 Å². The lowest BCUT2D eigenvalue weighted by Gasteiger charge is -2.38. The summed E-state index contributed by atoms with van der Waals surface area (Å²) in [6.07, 6.45) is -6.22. The summed E-state index contributed by atoms with van der Waals surface area (Å²) < 4.78 is 27.9. The van der Waals surface area contributed by atoms with E-state index in [1.165, 1.54) is 12.1 Å². The molecule has 10 nitrogen and oxygen atoms in total. The molecule has 0 bridgehead atoms. The van der Waals surface area contributed by atoms with E-state index < -0.39 is 42.0 Å². The van der Waals surface area contributed by atoms with Gasteiger partial charge in [0.25, 0.3) is 0 Å². The van der Waals surface area contributed by atoms with Gasteiger partial charge in [0.15, 0.2) is 5.58 Å². The minimum Gasteiger partial charge on any atom is -0.462 e. The van der Waals surface area contributed by atoms with Crippen LogP contribution in [0.15, 0.2) is 65.3 Å². The minimum atomic E-state index is -1.49. The van der Waals surface area contributed by atoms with E-state index >= 15 is 0 Å². The van der Waals surface area contributed by atoms with E-state index in [0.717, 1.165) is 0 Å². The number of hydrogen-bond donors (Lipinski definition) is 3. The van der Waals surface area contributed by atoms with Gasteiger partial charge in [-0.1, -0.05) is 0 Å². The molecule has 0 radical (unpaired) electrons. The fourth-order valence-electron chi connectivity index (χ4n) is 4.34. The van der Waals surface area contributed by atoms with Crippen molar-refractivity contribution in [2.24, 2.45) is 0 Å². The van der Waals surface area contributed by atoms with Crippen molar-refractivity contribution >= 4 is 43.9 Å². The van der Waals surface area contributed by atoms with Gasteiger partial charge in [-0.15, -0.1) is 0 Å². The van der Waals surface area contributed by atoms with Gasteiger partial charge < -0.3 is 38.0 Å². The molecule has 1 saturated heterocycles. The molecule has 5 unspecified atom stereocenters. The maximum Gasteiger partial charge on any atom is 0.348 e. The lowest BCUT2D eigenvalue weighted by atomic mass is 10.00. The highest BCUT2D eigenvalue weighted by molar-refractivity contribution is 6.20. The van der Waals surface area contributed by atoms with E-state index in [9.17, 15) is 24.9 Å². The Labute approximate surface area is 189 Å². The van der Waals surface area contributed by atoms with Crippen molar-refractivity contribution < 1.29 is 38.0 Å². The molecule has 5 aromatic rings. The van der Waals surface area contributed by atoms with E-state index in [2.05, 4.69) is 0 Å². The predicted molar refractivity (Wildman–Crippen MR) is 119 cm³/mol. The SMILES string of the molecule is CC1OC(Oc2ccc3c(c2)oc(=O)c2c3oc3ccc4ccc(=O)oc4c32)C(O)C(O)C1O. The summed E-state index contributed by atoms with van der Waals surface area (Å²) in [4.78, 5) is 24.8. The molecule has 0 saturated carbocycles. The van der Waals surface area contributed by atoms with Crippen LogP contribution in [0.4, 0.5) is 0 Å². The summed E-state index contributed by atoms with van der Waals surface area (Å²) in [5, 5.41) is 31.6. The molecule has 4 heterocycles. The molecule has 10 heteroatoms. The quantitative estimate of drug-likeness (QED) is 0.329. The van der Waals surface area contributed by atoms with Crippen molar-refractivity contribution in [1.29, 1.82) is 0 Å². The average Bonchev–Trinajstić information content (AvgIpc) is 3.22. The zero-order valence-corrected chi connectivity index (χ0v) is 17.6. The van der Waals surface area contributed by atoms with Crippen LogP contribution in [0.5, 0.6) is 5.75 Å². The molecule has 0 aliphatic carbocycles. The van der Waals surface area contributed by atoms with Gasteiger partial charge in [0, 0.05) is 17.5 Å². The zero-order valence-electron chi connectivity index (χ0n) is 17.6. The van der Waals surface area contributed by atoms with Gasteiger partial charge in [0.1, 0.15) is 46.2 Å². The molecule has 0 amide bonds. The Morgan fingerprint density at radius 3 is 2.41 bits per heavy atom. The topological polar surface area (TPSA) is 153 Å². The summed E-state index contributed by atoms with van der Waals surface area (Å²) in [6.45, 7) is 1.54. The smallest absolute Gasteiger partial charge is 0.348 e. The fraction of sp³-hybridized carbons (Fsp3) is 0.250. The van der Waals surface area contributed by atoms with Crippen LogP contribution in [0, 0.1) is 0 Å². The third kappa shape index (κ3) is 3.04. The highest BCUT2D eigenvalue weighted by atomic mass is 16.7. The molecular formula is C24H18O10. The Hall–Kier alpha value is -3.70. The van der Waals surface area contributed by atoms with Crippen LogP contribution in [0.3, 0.4) is 0 Å². The Bertz CT molecular complexity index is 1690. The van der Waals surface area contributed by atoms with Gasteiger partial charge in [-0.25, -0.2) is 9.59 Å². The molecular weight excluding hydrogens is 448 g/mol. The van der Waals surface area contributed by atoms with Crippen molar-refractivity contribution in [3.63, 3.8) is 0 Å². The normalized spacial score (nSPS) is 25.5. The summed E-state index contributed by atoms with van der Waals surface area (Å²) in [7, 11) is 0. The van der Waals surface area contributed by atoms with Crippen molar-refractivity contribution in [3.05, 3.63) is 63.3 Å². The zero-order chi connectivity index (χ0) is 23.7. The van der Waals surface area contributed by atoms with E-state index in [0.29, 0.717) is 21.7 Å². The first-order valence-electron chi connectivity index (χ1n) is 10.5. The molecule has 1 fully saturated rings. The van der Waals surface area contributed by atoms with Crippen LogP contribution < -0.4 is 16.0 Å². The van der Waals surface area contributed by atoms with Crippen LogP contribution in [0.2, 0.25) is 0 Å². The van der Waals surface area contributed by atoms with Crippen molar-refractivity contribution in [1.82, 2.24) is 0 Å². The standard InChI is InChI=1S/C24H18O10/c1-9-18(26)19(27)20(28)24(30-9)31-11-4-5-12-14(8-11)33-23(29)17-16-13(32-22(12)17)6-2-10-3-7-15(25)34-21(10)16/h2-9,18-20,24,26-28H,1H3. The Morgan fingerprint density at radius 1 is 0.794 bits per heavy atom. The number of hydrogen-bond acceptors (Lipinski definition) is 10. The van der Waals surface area contributed by atoms with Gasteiger partial charge in [-0.3, -0.25) is 0 Å². The number of ether oxygens (including phenoxy) is 2. The van der Waals surface area contributed by atoms with E-state index in [1.54, 1.807) is 37.3 Å². The fourth-order valence-corrected chi connectivity index (χ4v) is 4.34. The molecule has 1 aliphatic rings. The number of aliphatic hydroxyl groups excluding tert-OH is 3. The highest BCUT2D eigenvalue weighted by Gasteiger charge is 2.43. The van der Waals surface area contributed by atoms with Crippen LogP contribution in [-0.4, -0.2) is 46.0 Å². The molecule has 2 aromatic carbocycles. The number of fused-ring (bicyclic) bond motifs is 7. The number of rotatable bonds is 2. The second-order valence-corrected chi connectivity index (χ2v) is 8.26. The molecule has 0 spiro atoms. The number of furan rings is 1. The highest BCUT2D eigenvalue weighted by Crippen LogP contribution is 2.36. The van der Waals surface area contributed by atoms with Gasteiger partial charge >= 0.3 is 11.3 Å². The van der Waals surface area contributed by atoms with Gasteiger partial charge in [-0.2, -0.15) is 0 Å². The van der Waals surface area contributed by atoms with Crippen molar-refractivity contribution in [2.75, 3.05) is 0 Å². The summed E-state index contributed by atoms with van der Waals surface area (Å²) >= 11 is 0. The molecule has 3 N–H and O–H groups in total. The molecule has 174 valence electrons. The monoisotopic (exact) mass is 466 g/mol. The average molecular weight is 466 g/mol. The third-order valence-corrected chi connectivity index (χ3v) is 6.11. The van der Waals surface area contributed by atoms with Gasteiger partial charge in [-0.05, 0) is 37.3 Å². The van der Waals surface area contributed by atoms with Gasteiger partial charge in [0.05, 0.1) is 16.9 Å².